The number of ether oxygens (including phenoxy) is 1. The Hall–Kier alpha value is -2.02. The summed E-state index contributed by atoms with van der Waals surface area (Å²) in [6, 6.07) is 9.57. The van der Waals surface area contributed by atoms with Crippen LogP contribution in [0.1, 0.15) is 5.56 Å². The summed E-state index contributed by atoms with van der Waals surface area (Å²) < 4.78 is 5.05. The van der Waals surface area contributed by atoms with E-state index in [-0.39, 0.29) is 5.92 Å². The molecule has 0 aromatic heterocycles. The topological polar surface area (TPSA) is 54.6 Å². The first kappa shape index (κ1) is 9.53. The highest BCUT2D eigenvalue weighted by Gasteiger charge is 2.24. The van der Waals surface area contributed by atoms with Crippen molar-refractivity contribution in [3.8, 4) is 11.8 Å². The van der Waals surface area contributed by atoms with E-state index in [9.17, 15) is 0 Å². The van der Waals surface area contributed by atoms with Gasteiger partial charge >= 0.3 is 0 Å². The van der Waals surface area contributed by atoms with Crippen molar-refractivity contribution in [2.75, 3.05) is 13.7 Å². The lowest BCUT2D eigenvalue weighted by Crippen LogP contribution is -2.11. The molecule has 1 heterocycles. The minimum absolute atomic E-state index is 0.265. The van der Waals surface area contributed by atoms with Crippen molar-refractivity contribution in [2.45, 2.75) is 0 Å². The number of benzene rings is 1. The van der Waals surface area contributed by atoms with Crippen LogP contribution in [0, 0.1) is 17.2 Å². The third-order valence-corrected chi connectivity index (χ3v) is 2.28. The Morgan fingerprint density at radius 2 is 2.20 bits per heavy atom. The predicted molar refractivity (Wildman–Crippen MR) is 54.6 cm³/mol. The van der Waals surface area contributed by atoms with Crippen molar-refractivity contribution in [1.29, 1.82) is 5.26 Å². The van der Waals surface area contributed by atoms with E-state index in [2.05, 4.69) is 11.2 Å². The van der Waals surface area contributed by atoms with Crippen LogP contribution < -0.4 is 4.74 Å². The number of methoxy groups -OCH3 is 1. The van der Waals surface area contributed by atoms with Gasteiger partial charge in [0.05, 0.1) is 13.2 Å². The molecule has 1 unspecified atom stereocenters. The Morgan fingerprint density at radius 1 is 1.47 bits per heavy atom. The van der Waals surface area contributed by atoms with E-state index < -0.39 is 0 Å². The summed E-state index contributed by atoms with van der Waals surface area (Å²) in [5, 5.41) is 12.7. The molecule has 4 heteroatoms. The zero-order valence-electron chi connectivity index (χ0n) is 8.30. The molecule has 1 aliphatic rings. The first-order valence-electron chi connectivity index (χ1n) is 4.59. The van der Waals surface area contributed by atoms with Gasteiger partial charge in [0, 0.05) is 5.56 Å². The van der Waals surface area contributed by atoms with E-state index in [1.54, 1.807) is 7.11 Å². The zero-order chi connectivity index (χ0) is 10.7. The molecule has 0 fully saturated rings. The van der Waals surface area contributed by atoms with E-state index in [1.165, 1.54) is 0 Å². The van der Waals surface area contributed by atoms with Crippen molar-refractivity contribution in [3.63, 3.8) is 0 Å². The zero-order valence-corrected chi connectivity index (χ0v) is 8.30. The molecule has 0 N–H and O–H groups in total. The first-order chi connectivity index (χ1) is 7.35. The molecule has 4 nitrogen and oxygen atoms in total. The molecule has 0 saturated heterocycles. The number of nitriles is 1. The number of rotatable bonds is 2. The predicted octanol–water partition coefficient (Wildman–Crippen LogP) is 1.57. The van der Waals surface area contributed by atoms with Crippen molar-refractivity contribution < 1.29 is 9.57 Å². The van der Waals surface area contributed by atoms with Crippen molar-refractivity contribution in [3.05, 3.63) is 29.8 Å². The largest absolute Gasteiger partial charge is 0.497 e. The molecule has 0 amide bonds. The number of nitrogens with zero attached hydrogens (tertiary/aromatic N) is 2. The molecular formula is C11H10N2O2. The standard InChI is InChI=1S/C11H10N2O2/c1-14-10-4-2-8(3-5-10)11-9(6-12)7-15-13-11/h2-5,9H,7H2,1H3. The van der Waals surface area contributed by atoms with Gasteiger partial charge in [-0.2, -0.15) is 5.26 Å². The van der Waals surface area contributed by atoms with Gasteiger partial charge in [0.25, 0.3) is 0 Å². The maximum atomic E-state index is 8.86. The third kappa shape index (κ3) is 1.77. The fraction of sp³-hybridized carbons (Fsp3) is 0.273. The first-order valence-corrected chi connectivity index (χ1v) is 4.59. The molecule has 1 aromatic carbocycles. The molecular weight excluding hydrogens is 192 g/mol. The van der Waals surface area contributed by atoms with E-state index in [0.29, 0.717) is 12.3 Å². The average Bonchev–Trinajstić information content (AvgIpc) is 2.77. The molecule has 0 radical (unpaired) electrons. The fourth-order valence-electron chi connectivity index (χ4n) is 1.44. The van der Waals surface area contributed by atoms with Crippen molar-refractivity contribution in [2.24, 2.45) is 11.1 Å². The summed E-state index contributed by atoms with van der Waals surface area (Å²) in [6.07, 6.45) is 0. The number of hydrogen-bond acceptors (Lipinski definition) is 4. The summed E-state index contributed by atoms with van der Waals surface area (Å²) in [6.45, 7) is 0.345. The fourth-order valence-corrected chi connectivity index (χ4v) is 1.44. The van der Waals surface area contributed by atoms with Gasteiger partial charge in [0.1, 0.15) is 24.0 Å². The molecule has 1 atom stereocenters. The average molecular weight is 202 g/mol. The van der Waals surface area contributed by atoms with Crippen LogP contribution in [0.15, 0.2) is 29.4 Å². The van der Waals surface area contributed by atoms with Gasteiger partial charge in [-0.25, -0.2) is 0 Å². The van der Waals surface area contributed by atoms with Gasteiger partial charge in [0.15, 0.2) is 0 Å². The van der Waals surface area contributed by atoms with E-state index in [0.717, 1.165) is 11.3 Å². The summed E-state index contributed by atoms with van der Waals surface area (Å²) in [7, 11) is 1.61. The molecule has 15 heavy (non-hydrogen) atoms. The maximum Gasteiger partial charge on any atom is 0.138 e. The number of hydrogen-bond donors (Lipinski definition) is 0. The van der Waals surface area contributed by atoms with E-state index >= 15 is 0 Å². The van der Waals surface area contributed by atoms with Crippen LogP contribution in [0.25, 0.3) is 0 Å². The smallest absolute Gasteiger partial charge is 0.138 e. The van der Waals surface area contributed by atoms with Crippen LogP contribution >= 0.6 is 0 Å². The quantitative estimate of drug-likeness (QED) is 0.731. The van der Waals surface area contributed by atoms with E-state index in [4.69, 9.17) is 14.8 Å². The second-order valence-electron chi connectivity index (χ2n) is 3.18. The molecule has 1 aromatic rings. The van der Waals surface area contributed by atoms with Gasteiger partial charge in [-0.1, -0.05) is 5.16 Å². The molecule has 0 bridgehead atoms. The number of oxime groups is 1. The Kier molecular flexibility index (Phi) is 2.55. The summed E-state index contributed by atoms with van der Waals surface area (Å²) in [5.41, 5.74) is 1.60. The van der Waals surface area contributed by atoms with Crippen LogP contribution in [-0.2, 0) is 4.84 Å². The Labute approximate surface area is 87.7 Å². The van der Waals surface area contributed by atoms with Gasteiger partial charge in [0.2, 0.25) is 0 Å². The van der Waals surface area contributed by atoms with Gasteiger partial charge in [-0.05, 0) is 24.3 Å². The van der Waals surface area contributed by atoms with Crippen molar-refractivity contribution >= 4 is 5.71 Å². The highest BCUT2D eigenvalue weighted by molar-refractivity contribution is 6.04. The van der Waals surface area contributed by atoms with Crippen LogP contribution in [0.2, 0.25) is 0 Å². The van der Waals surface area contributed by atoms with Gasteiger partial charge in [-0.3, -0.25) is 0 Å². The molecule has 76 valence electrons. The Balaban J connectivity index is 2.27. The van der Waals surface area contributed by atoms with Crippen LogP contribution in [0.5, 0.6) is 5.75 Å². The minimum Gasteiger partial charge on any atom is -0.497 e. The monoisotopic (exact) mass is 202 g/mol. The Bertz CT molecular complexity index is 417. The second-order valence-corrected chi connectivity index (χ2v) is 3.18. The SMILES string of the molecule is COc1ccc(C2=NOCC2C#N)cc1. The van der Waals surface area contributed by atoms with Crippen LogP contribution in [0.4, 0.5) is 0 Å². The lowest BCUT2D eigenvalue weighted by molar-refractivity contribution is 0.163. The third-order valence-electron chi connectivity index (χ3n) is 2.28. The second kappa shape index (κ2) is 4.01. The minimum atomic E-state index is -0.265. The van der Waals surface area contributed by atoms with E-state index in [1.807, 2.05) is 24.3 Å². The molecule has 0 aliphatic carbocycles. The summed E-state index contributed by atoms with van der Waals surface area (Å²) >= 11 is 0. The van der Waals surface area contributed by atoms with Crippen LogP contribution in [-0.4, -0.2) is 19.4 Å². The lowest BCUT2D eigenvalue weighted by atomic mass is 9.99. The lowest BCUT2D eigenvalue weighted by Gasteiger charge is -2.03. The normalized spacial score (nSPS) is 18.9. The molecule has 0 spiro atoms. The molecule has 1 aliphatic heterocycles. The highest BCUT2D eigenvalue weighted by Crippen LogP contribution is 2.19. The maximum absolute atomic E-state index is 8.86. The molecule has 0 saturated carbocycles. The summed E-state index contributed by atoms with van der Waals surface area (Å²) in [5.74, 6) is 0.519. The Morgan fingerprint density at radius 3 is 2.80 bits per heavy atom. The summed E-state index contributed by atoms with van der Waals surface area (Å²) in [4.78, 5) is 4.91. The van der Waals surface area contributed by atoms with Gasteiger partial charge in [-0.15, -0.1) is 0 Å². The highest BCUT2D eigenvalue weighted by atomic mass is 16.6. The van der Waals surface area contributed by atoms with Gasteiger partial charge < -0.3 is 9.57 Å². The van der Waals surface area contributed by atoms with Crippen molar-refractivity contribution in [1.82, 2.24) is 0 Å². The molecule has 2 rings (SSSR count). The van der Waals surface area contributed by atoms with Crippen LogP contribution in [0.3, 0.4) is 0 Å².